The highest BCUT2D eigenvalue weighted by Gasteiger charge is 2.50. The molecule has 0 radical (unpaired) electrons. The Labute approximate surface area is 165 Å². The summed E-state index contributed by atoms with van der Waals surface area (Å²) in [5.74, 6) is 0.0282. The van der Waals surface area contributed by atoms with Crippen LogP contribution in [0.2, 0.25) is 10.0 Å². The molecule has 1 aliphatic heterocycles. The fraction of sp³-hybridized carbons (Fsp3) is 0.364. The van der Waals surface area contributed by atoms with Gasteiger partial charge in [0.25, 0.3) is 0 Å². The Morgan fingerprint density at radius 3 is 1.65 bits per heavy atom. The van der Waals surface area contributed by atoms with E-state index in [1.165, 1.54) is 0 Å². The van der Waals surface area contributed by atoms with Crippen molar-refractivity contribution in [2.45, 2.75) is 38.0 Å². The van der Waals surface area contributed by atoms with Crippen LogP contribution < -0.4 is 5.32 Å². The normalized spacial score (nSPS) is 31.6. The Balaban J connectivity index is 2.03. The molecule has 2 aromatic carbocycles. The van der Waals surface area contributed by atoms with Crippen LogP contribution in [0.3, 0.4) is 0 Å². The lowest BCUT2D eigenvalue weighted by atomic mass is 9.65. The summed E-state index contributed by atoms with van der Waals surface area (Å²) < 4.78 is 0. The number of nitrogens with one attached hydrogen (secondary N) is 1. The molecule has 5 atom stereocenters. The highest BCUT2D eigenvalue weighted by atomic mass is 35.5. The van der Waals surface area contributed by atoms with Gasteiger partial charge in [-0.3, -0.25) is 0 Å². The van der Waals surface area contributed by atoms with Crippen LogP contribution in [-0.2, 0) is 0 Å². The van der Waals surface area contributed by atoms with E-state index in [-0.39, 0.29) is 23.9 Å². The van der Waals surface area contributed by atoms with Crippen LogP contribution in [0.1, 0.15) is 43.5 Å². The second kappa shape index (κ2) is 7.74. The predicted molar refractivity (Wildman–Crippen MR) is 110 cm³/mol. The van der Waals surface area contributed by atoms with Crippen molar-refractivity contribution in [1.82, 2.24) is 5.32 Å². The molecule has 26 heavy (non-hydrogen) atoms. The van der Waals surface area contributed by atoms with Gasteiger partial charge >= 0.3 is 0 Å². The first-order chi connectivity index (χ1) is 12.4. The number of benzene rings is 2. The minimum atomic E-state index is -0.860. The van der Waals surface area contributed by atoms with Crippen molar-refractivity contribution in [3.8, 4) is 0 Å². The average molecular weight is 390 g/mol. The van der Waals surface area contributed by atoms with Gasteiger partial charge in [-0.25, -0.2) is 0 Å². The zero-order valence-corrected chi connectivity index (χ0v) is 16.6. The smallest absolute Gasteiger partial charge is 0.0768 e. The maximum atomic E-state index is 11.6. The van der Waals surface area contributed by atoms with Crippen molar-refractivity contribution >= 4 is 23.2 Å². The highest BCUT2D eigenvalue weighted by Crippen LogP contribution is 2.48. The first-order valence-corrected chi connectivity index (χ1v) is 9.72. The molecule has 0 amide bonds. The molecule has 138 valence electrons. The van der Waals surface area contributed by atoms with Gasteiger partial charge in [-0.2, -0.15) is 0 Å². The second-order valence-electron chi connectivity index (χ2n) is 7.29. The summed E-state index contributed by atoms with van der Waals surface area (Å²) in [6.45, 7) is 8.08. The SMILES string of the molecule is C=CCC1(O)[C@H](C)[C@H](c2ccc(Cl)cc2)N[C@H](c2ccc(Cl)cc2)[C@@H]1C. The number of rotatable bonds is 4. The Kier molecular flexibility index (Phi) is 5.78. The number of hydrogen-bond acceptors (Lipinski definition) is 2. The molecule has 2 aromatic rings. The van der Waals surface area contributed by atoms with Crippen molar-refractivity contribution in [3.63, 3.8) is 0 Å². The fourth-order valence-electron chi connectivity index (χ4n) is 4.19. The molecule has 0 bridgehead atoms. The summed E-state index contributed by atoms with van der Waals surface area (Å²) in [7, 11) is 0. The van der Waals surface area contributed by atoms with Gasteiger partial charge in [-0.1, -0.05) is 67.4 Å². The molecular formula is C22H25Cl2NO. The molecule has 0 aliphatic carbocycles. The third kappa shape index (κ3) is 3.57. The zero-order valence-electron chi connectivity index (χ0n) is 15.1. The molecule has 2 N–H and O–H groups in total. The maximum absolute atomic E-state index is 11.6. The topological polar surface area (TPSA) is 32.3 Å². The third-order valence-electron chi connectivity index (χ3n) is 5.87. The first kappa shape index (κ1) is 19.4. The summed E-state index contributed by atoms with van der Waals surface area (Å²) >= 11 is 12.1. The van der Waals surface area contributed by atoms with Crippen LogP contribution in [0.4, 0.5) is 0 Å². The molecule has 2 nitrogen and oxygen atoms in total. The minimum Gasteiger partial charge on any atom is -0.389 e. The molecule has 0 spiro atoms. The van der Waals surface area contributed by atoms with Gasteiger partial charge in [-0.05, 0) is 41.8 Å². The second-order valence-corrected chi connectivity index (χ2v) is 8.16. The predicted octanol–water partition coefficient (Wildman–Crippen LogP) is 5.96. The Hall–Kier alpha value is -1.32. The van der Waals surface area contributed by atoms with Gasteiger partial charge in [0.05, 0.1) is 5.60 Å². The van der Waals surface area contributed by atoms with Gasteiger partial charge in [0.1, 0.15) is 0 Å². The fourth-order valence-corrected chi connectivity index (χ4v) is 4.44. The quantitative estimate of drug-likeness (QED) is 0.632. The maximum Gasteiger partial charge on any atom is 0.0768 e. The van der Waals surface area contributed by atoms with Gasteiger partial charge in [-0.15, -0.1) is 6.58 Å². The summed E-state index contributed by atoms with van der Waals surface area (Å²) in [4.78, 5) is 0. The largest absolute Gasteiger partial charge is 0.389 e. The minimum absolute atomic E-state index is 0.00842. The molecule has 1 saturated heterocycles. The molecule has 0 aromatic heterocycles. The van der Waals surface area contributed by atoms with Crippen molar-refractivity contribution in [1.29, 1.82) is 0 Å². The van der Waals surface area contributed by atoms with Gasteiger partial charge < -0.3 is 10.4 Å². The van der Waals surface area contributed by atoms with Crippen molar-refractivity contribution < 1.29 is 5.11 Å². The van der Waals surface area contributed by atoms with Crippen LogP contribution in [0, 0.1) is 11.8 Å². The van der Waals surface area contributed by atoms with Crippen molar-refractivity contribution in [2.24, 2.45) is 11.8 Å². The number of aliphatic hydroxyl groups is 1. The van der Waals surface area contributed by atoms with E-state index < -0.39 is 5.60 Å². The third-order valence-corrected chi connectivity index (χ3v) is 6.37. The standard InChI is InChI=1S/C22H25Cl2NO/c1-4-13-22(26)14(2)20(16-5-9-18(23)10-6-16)25-21(15(22)3)17-7-11-19(24)12-8-17/h4-12,14-15,20-21,25-26H,1,13H2,2-3H3/t14-,15+,20-,21+,22?. The van der Waals surface area contributed by atoms with Crippen LogP contribution in [0.5, 0.6) is 0 Å². The Morgan fingerprint density at radius 1 is 0.923 bits per heavy atom. The molecule has 1 fully saturated rings. The van der Waals surface area contributed by atoms with E-state index in [1.54, 1.807) is 0 Å². The Morgan fingerprint density at radius 2 is 1.31 bits per heavy atom. The monoisotopic (exact) mass is 389 g/mol. The van der Waals surface area contributed by atoms with E-state index in [0.717, 1.165) is 11.1 Å². The van der Waals surface area contributed by atoms with E-state index in [2.05, 4.69) is 25.7 Å². The highest BCUT2D eigenvalue weighted by molar-refractivity contribution is 6.30. The lowest BCUT2D eigenvalue weighted by Crippen LogP contribution is -2.57. The molecule has 4 heteroatoms. The molecule has 1 aliphatic rings. The van der Waals surface area contributed by atoms with Crippen LogP contribution in [0.25, 0.3) is 0 Å². The summed E-state index contributed by atoms with van der Waals surface area (Å²) in [6.07, 6.45) is 2.36. The first-order valence-electron chi connectivity index (χ1n) is 8.97. The van der Waals surface area contributed by atoms with E-state index in [4.69, 9.17) is 23.2 Å². The lowest BCUT2D eigenvalue weighted by Gasteiger charge is -2.52. The molecule has 1 heterocycles. The average Bonchev–Trinajstić information content (AvgIpc) is 2.63. The number of hydrogen-bond donors (Lipinski definition) is 2. The molecule has 3 rings (SSSR count). The summed E-state index contributed by atoms with van der Waals surface area (Å²) in [5.41, 5.74) is 1.38. The van der Waals surface area contributed by atoms with E-state index >= 15 is 0 Å². The van der Waals surface area contributed by atoms with Gasteiger partial charge in [0.2, 0.25) is 0 Å². The molecule has 1 unspecified atom stereocenters. The number of piperidine rings is 1. The summed E-state index contributed by atoms with van der Waals surface area (Å²) in [5, 5.41) is 16.8. The molecule has 0 saturated carbocycles. The lowest BCUT2D eigenvalue weighted by molar-refractivity contribution is -0.108. The van der Waals surface area contributed by atoms with Crippen LogP contribution in [0.15, 0.2) is 61.2 Å². The van der Waals surface area contributed by atoms with E-state index in [0.29, 0.717) is 16.5 Å². The zero-order chi connectivity index (χ0) is 18.9. The number of halogens is 2. The van der Waals surface area contributed by atoms with Crippen molar-refractivity contribution in [3.05, 3.63) is 82.4 Å². The van der Waals surface area contributed by atoms with E-state index in [9.17, 15) is 5.11 Å². The summed E-state index contributed by atoms with van der Waals surface area (Å²) in [6, 6.07) is 15.7. The van der Waals surface area contributed by atoms with Crippen molar-refractivity contribution in [2.75, 3.05) is 0 Å². The molecular weight excluding hydrogens is 365 g/mol. The van der Waals surface area contributed by atoms with E-state index in [1.807, 2.05) is 54.6 Å². The Bertz CT molecular complexity index is 699. The van der Waals surface area contributed by atoms with Gasteiger partial charge in [0, 0.05) is 34.0 Å². The van der Waals surface area contributed by atoms with Gasteiger partial charge in [0.15, 0.2) is 0 Å². The van der Waals surface area contributed by atoms with Crippen LogP contribution >= 0.6 is 23.2 Å². The van der Waals surface area contributed by atoms with Crippen LogP contribution in [-0.4, -0.2) is 10.7 Å².